The number of anilines is 2. The van der Waals surface area contributed by atoms with Gasteiger partial charge in [0.25, 0.3) is 5.56 Å². The fourth-order valence-corrected chi connectivity index (χ4v) is 3.98. The monoisotopic (exact) mass is 432 g/mol. The first-order valence-corrected chi connectivity index (χ1v) is 10.7. The van der Waals surface area contributed by atoms with Gasteiger partial charge in [-0.05, 0) is 38.8 Å². The maximum Gasteiger partial charge on any atom is 0.252 e. The summed E-state index contributed by atoms with van der Waals surface area (Å²) in [4.78, 5) is 46.3. The van der Waals surface area contributed by atoms with E-state index in [1.54, 1.807) is 11.8 Å². The number of benzene rings is 1. The van der Waals surface area contributed by atoms with Crippen LogP contribution in [-0.2, 0) is 9.59 Å². The van der Waals surface area contributed by atoms with E-state index >= 15 is 0 Å². The molecule has 2 aliphatic rings. The molecule has 9 nitrogen and oxygen atoms in total. The number of H-pyrrole nitrogens is 1. The Balaban J connectivity index is 1.39. The molecule has 2 aromatic heterocycles. The Morgan fingerprint density at radius 3 is 2.56 bits per heavy atom. The Morgan fingerprint density at radius 2 is 1.88 bits per heavy atom. The number of carbonyl (C=O) groups excluding carboxylic acids is 2. The molecule has 1 aromatic carbocycles. The van der Waals surface area contributed by atoms with Gasteiger partial charge in [0.1, 0.15) is 5.82 Å². The van der Waals surface area contributed by atoms with Crippen LogP contribution in [0.1, 0.15) is 42.1 Å². The molecule has 32 heavy (non-hydrogen) atoms. The summed E-state index contributed by atoms with van der Waals surface area (Å²) in [5.74, 6) is 0.222. The van der Waals surface area contributed by atoms with E-state index in [2.05, 4.69) is 20.4 Å². The van der Waals surface area contributed by atoms with Gasteiger partial charge >= 0.3 is 0 Å². The van der Waals surface area contributed by atoms with Crippen molar-refractivity contribution in [3.05, 3.63) is 63.7 Å². The topological polar surface area (TPSA) is 113 Å². The standard InChI is InChI=1S/C23H24N6O3/c1-13-3-7-17(8-4-13)28-12-16(10-21(28)31)22(32)25-19-11-18(15-5-6-15)27-29(19)23-24-14(2)9-20(30)26-23/h3-4,7-9,11,15-16H,5-6,10,12H2,1-2H3,(H,25,32)(H,24,26,30)/t16-/m0/s1. The summed E-state index contributed by atoms with van der Waals surface area (Å²) < 4.78 is 1.47. The van der Waals surface area contributed by atoms with Crippen LogP contribution < -0.4 is 15.8 Å². The number of hydrogen-bond donors (Lipinski definition) is 2. The molecule has 2 fully saturated rings. The molecule has 3 heterocycles. The van der Waals surface area contributed by atoms with Gasteiger partial charge in [-0.1, -0.05) is 17.7 Å². The van der Waals surface area contributed by atoms with Gasteiger partial charge in [-0.2, -0.15) is 9.78 Å². The first kappa shape index (κ1) is 20.2. The Morgan fingerprint density at radius 1 is 1.12 bits per heavy atom. The molecule has 164 valence electrons. The summed E-state index contributed by atoms with van der Waals surface area (Å²) in [5, 5.41) is 7.50. The average Bonchev–Trinajstić information content (AvgIpc) is 3.40. The highest BCUT2D eigenvalue weighted by molar-refractivity contribution is 6.03. The van der Waals surface area contributed by atoms with Crippen molar-refractivity contribution in [2.75, 3.05) is 16.8 Å². The van der Waals surface area contributed by atoms with E-state index in [-0.39, 0.29) is 29.7 Å². The second-order valence-electron chi connectivity index (χ2n) is 8.58. The molecule has 0 radical (unpaired) electrons. The summed E-state index contributed by atoms with van der Waals surface area (Å²) in [6, 6.07) is 10.9. The average molecular weight is 432 g/mol. The summed E-state index contributed by atoms with van der Waals surface area (Å²) in [6.07, 6.45) is 2.23. The Bertz CT molecular complexity index is 1260. The minimum Gasteiger partial charge on any atom is -0.312 e. The lowest BCUT2D eigenvalue weighted by atomic mass is 10.1. The van der Waals surface area contributed by atoms with Gasteiger partial charge < -0.3 is 10.2 Å². The van der Waals surface area contributed by atoms with Crippen molar-refractivity contribution < 1.29 is 9.59 Å². The molecule has 1 saturated heterocycles. The van der Waals surface area contributed by atoms with Crippen molar-refractivity contribution in [2.45, 2.75) is 39.0 Å². The van der Waals surface area contributed by atoms with E-state index in [9.17, 15) is 14.4 Å². The summed E-state index contributed by atoms with van der Waals surface area (Å²) in [7, 11) is 0. The SMILES string of the molecule is Cc1ccc(N2C[C@@H](C(=O)Nc3cc(C4CC4)nn3-c3nc(C)cc(=O)[nH]3)CC2=O)cc1. The molecule has 0 bridgehead atoms. The summed E-state index contributed by atoms with van der Waals surface area (Å²) in [6.45, 7) is 4.03. The smallest absolute Gasteiger partial charge is 0.252 e. The normalized spacial score (nSPS) is 18.2. The van der Waals surface area contributed by atoms with Crippen molar-refractivity contribution in [3.8, 4) is 5.95 Å². The molecule has 0 unspecified atom stereocenters. The van der Waals surface area contributed by atoms with Crippen molar-refractivity contribution >= 4 is 23.3 Å². The fraction of sp³-hybridized carbons (Fsp3) is 0.348. The molecule has 2 N–H and O–H groups in total. The van der Waals surface area contributed by atoms with Gasteiger partial charge in [0.2, 0.25) is 17.8 Å². The van der Waals surface area contributed by atoms with E-state index in [0.29, 0.717) is 24.0 Å². The number of aromatic nitrogens is 4. The van der Waals surface area contributed by atoms with Crippen molar-refractivity contribution in [3.63, 3.8) is 0 Å². The van der Waals surface area contributed by atoms with Crippen molar-refractivity contribution in [1.82, 2.24) is 19.7 Å². The van der Waals surface area contributed by atoms with Crippen LogP contribution in [0, 0.1) is 19.8 Å². The highest BCUT2D eigenvalue weighted by Crippen LogP contribution is 2.40. The Labute approximate surface area is 184 Å². The molecule has 1 aliphatic heterocycles. The molecule has 0 spiro atoms. The summed E-state index contributed by atoms with van der Waals surface area (Å²) >= 11 is 0. The minimum atomic E-state index is -0.485. The fourth-order valence-electron chi connectivity index (χ4n) is 3.98. The summed E-state index contributed by atoms with van der Waals surface area (Å²) in [5.41, 5.74) is 3.02. The molecule has 5 rings (SSSR count). The quantitative estimate of drug-likeness (QED) is 0.643. The second-order valence-corrected chi connectivity index (χ2v) is 8.58. The van der Waals surface area contributed by atoms with Gasteiger partial charge in [-0.25, -0.2) is 4.98 Å². The van der Waals surface area contributed by atoms with E-state index in [4.69, 9.17) is 0 Å². The molecule has 3 aromatic rings. The maximum absolute atomic E-state index is 13.1. The minimum absolute atomic E-state index is 0.0779. The van der Waals surface area contributed by atoms with Crippen LogP contribution in [0.15, 0.2) is 41.2 Å². The highest BCUT2D eigenvalue weighted by atomic mass is 16.2. The predicted octanol–water partition coefficient (Wildman–Crippen LogP) is 2.44. The zero-order chi connectivity index (χ0) is 22.4. The number of rotatable bonds is 5. The van der Waals surface area contributed by atoms with Gasteiger partial charge in [0, 0.05) is 42.4 Å². The number of hydrogen-bond acceptors (Lipinski definition) is 5. The Hall–Kier alpha value is -3.75. The number of nitrogens with one attached hydrogen (secondary N) is 2. The molecule has 1 aliphatic carbocycles. The third-order valence-corrected chi connectivity index (χ3v) is 5.87. The molecular weight excluding hydrogens is 408 g/mol. The number of aryl methyl sites for hydroxylation is 2. The van der Waals surface area contributed by atoms with Gasteiger partial charge in [0.05, 0.1) is 11.6 Å². The van der Waals surface area contributed by atoms with E-state index in [0.717, 1.165) is 29.8 Å². The van der Waals surface area contributed by atoms with E-state index < -0.39 is 5.92 Å². The predicted molar refractivity (Wildman–Crippen MR) is 119 cm³/mol. The van der Waals surface area contributed by atoms with Crippen LogP contribution in [0.25, 0.3) is 5.95 Å². The lowest BCUT2D eigenvalue weighted by Gasteiger charge is -2.17. The van der Waals surface area contributed by atoms with Crippen LogP contribution in [0.5, 0.6) is 0 Å². The lowest BCUT2D eigenvalue weighted by Crippen LogP contribution is -2.28. The van der Waals surface area contributed by atoms with Crippen LogP contribution in [-0.4, -0.2) is 38.1 Å². The number of aromatic amines is 1. The largest absolute Gasteiger partial charge is 0.312 e. The van der Waals surface area contributed by atoms with Crippen LogP contribution in [0.4, 0.5) is 11.5 Å². The molecule has 2 amide bonds. The van der Waals surface area contributed by atoms with Crippen molar-refractivity contribution in [2.24, 2.45) is 5.92 Å². The molecule has 1 atom stereocenters. The Kier molecular flexibility index (Phi) is 4.88. The van der Waals surface area contributed by atoms with Gasteiger partial charge in [-0.15, -0.1) is 0 Å². The van der Waals surface area contributed by atoms with Gasteiger partial charge in [0.15, 0.2) is 0 Å². The highest BCUT2D eigenvalue weighted by Gasteiger charge is 2.36. The van der Waals surface area contributed by atoms with Crippen LogP contribution >= 0.6 is 0 Å². The zero-order valence-electron chi connectivity index (χ0n) is 18.0. The third kappa shape index (κ3) is 3.93. The lowest BCUT2D eigenvalue weighted by molar-refractivity contribution is -0.122. The second kappa shape index (κ2) is 7.74. The number of amides is 2. The first-order valence-electron chi connectivity index (χ1n) is 10.7. The zero-order valence-corrected chi connectivity index (χ0v) is 18.0. The van der Waals surface area contributed by atoms with Crippen LogP contribution in [0.2, 0.25) is 0 Å². The number of nitrogens with zero attached hydrogens (tertiary/aromatic N) is 4. The van der Waals surface area contributed by atoms with E-state index in [1.165, 1.54) is 10.7 Å². The van der Waals surface area contributed by atoms with Crippen LogP contribution in [0.3, 0.4) is 0 Å². The van der Waals surface area contributed by atoms with E-state index in [1.807, 2.05) is 37.3 Å². The maximum atomic E-state index is 13.1. The molecule has 9 heteroatoms. The first-order chi connectivity index (χ1) is 15.4. The van der Waals surface area contributed by atoms with Gasteiger partial charge in [-0.3, -0.25) is 19.4 Å². The third-order valence-electron chi connectivity index (χ3n) is 5.87. The van der Waals surface area contributed by atoms with Crippen molar-refractivity contribution in [1.29, 1.82) is 0 Å². The molecular formula is C23H24N6O3. The number of carbonyl (C=O) groups is 2. The molecule has 1 saturated carbocycles.